The van der Waals surface area contributed by atoms with Crippen LogP contribution in [0.5, 0.6) is 0 Å². The summed E-state index contributed by atoms with van der Waals surface area (Å²) in [5, 5.41) is 6.01. The molecule has 1 aliphatic rings. The third-order valence-electron chi connectivity index (χ3n) is 3.11. The zero-order valence-corrected chi connectivity index (χ0v) is 11.1. The molecule has 20 heavy (non-hydrogen) atoms. The molecule has 0 spiro atoms. The Morgan fingerprint density at radius 3 is 2.95 bits per heavy atom. The zero-order chi connectivity index (χ0) is 14.4. The Balaban J connectivity index is 1.68. The van der Waals surface area contributed by atoms with Gasteiger partial charge in [0, 0.05) is 26.1 Å². The van der Waals surface area contributed by atoms with E-state index in [0.29, 0.717) is 6.54 Å². The molecule has 0 saturated heterocycles. The van der Waals surface area contributed by atoms with Crippen LogP contribution in [-0.2, 0) is 29.2 Å². The second-order valence-corrected chi connectivity index (χ2v) is 4.70. The van der Waals surface area contributed by atoms with Crippen LogP contribution >= 0.6 is 0 Å². The Morgan fingerprint density at radius 1 is 1.35 bits per heavy atom. The van der Waals surface area contributed by atoms with Crippen LogP contribution in [0.15, 0.2) is 18.2 Å². The highest BCUT2D eigenvalue weighted by Crippen LogP contribution is 2.16. The van der Waals surface area contributed by atoms with Crippen LogP contribution in [0.2, 0.25) is 0 Å². The van der Waals surface area contributed by atoms with E-state index < -0.39 is 13.0 Å². The molecule has 0 fully saturated rings. The minimum absolute atomic E-state index is 0.0181. The van der Waals surface area contributed by atoms with Crippen LogP contribution in [-0.4, -0.2) is 25.5 Å². The fourth-order valence-corrected chi connectivity index (χ4v) is 2.08. The average molecular weight is 284 g/mol. The van der Waals surface area contributed by atoms with Crippen molar-refractivity contribution in [3.05, 3.63) is 34.9 Å². The van der Waals surface area contributed by atoms with Gasteiger partial charge in [0.15, 0.2) is 0 Å². The maximum absolute atomic E-state index is 11.8. The van der Waals surface area contributed by atoms with Gasteiger partial charge in [-0.05, 0) is 16.7 Å². The lowest BCUT2D eigenvalue weighted by atomic mass is 10.1. The lowest BCUT2D eigenvalue weighted by Gasteiger charge is -2.07. The van der Waals surface area contributed by atoms with E-state index in [1.165, 1.54) is 11.1 Å². The molecule has 0 aromatic heterocycles. The zero-order valence-electron chi connectivity index (χ0n) is 11.1. The summed E-state index contributed by atoms with van der Waals surface area (Å²) in [4.78, 5) is 11.5. The van der Waals surface area contributed by atoms with Gasteiger partial charge in [0.1, 0.15) is 6.61 Å². The molecule has 1 aromatic rings. The number of benzene rings is 1. The van der Waals surface area contributed by atoms with Crippen molar-refractivity contribution in [3.63, 3.8) is 0 Å². The maximum Gasteiger partial charge on any atom is 0.261 e. The lowest BCUT2D eigenvalue weighted by molar-refractivity contribution is -0.122. The second kappa shape index (κ2) is 7.31. The molecule has 0 unspecified atom stereocenters. The molecule has 2 N–H and O–H groups in total. The Morgan fingerprint density at radius 2 is 2.15 bits per heavy atom. The van der Waals surface area contributed by atoms with Gasteiger partial charge < -0.3 is 15.4 Å². The van der Waals surface area contributed by atoms with Crippen LogP contribution in [0.3, 0.4) is 0 Å². The Bertz CT molecular complexity index is 466. The van der Waals surface area contributed by atoms with Crippen LogP contribution in [0.25, 0.3) is 0 Å². The van der Waals surface area contributed by atoms with Gasteiger partial charge in [-0.2, -0.15) is 0 Å². The van der Waals surface area contributed by atoms with Crippen LogP contribution < -0.4 is 10.6 Å². The van der Waals surface area contributed by atoms with E-state index in [9.17, 15) is 13.6 Å². The van der Waals surface area contributed by atoms with Crippen molar-refractivity contribution in [3.8, 4) is 0 Å². The second-order valence-electron chi connectivity index (χ2n) is 4.70. The number of carbonyl (C=O) groups excluding carboxylic acids is 1. The largest absolute Gasteiger partial charge is 0.375 e. The van der Waals surface area contributed by atoms with Crippen LogP contribution in [0, 0.1) is 0 Å². The summed E-state index contributed by atoms with van der Waals surface area (Å²) in [5.41, 5.74) is 3.59. The van der Waals surface area contributed by atoms with E-state index in [1.807, 2.05) is 6.07 Å². The van der Waals surface area contributed by atoms with E-state index in [1.54, 1.807) is 0 Å². The summed E-state index contributed by atoms with van der Waals surface area (Å²) in [6.45, 7) is 1.60. The molecule has 6 heteroatoms. The van der Waals surface area contributed by atoms with E-state index in [4.69, 9.17) is 0 Å². The van der Waals surface area contributed by atoms with Gasteiger partial charge in [0.2, 0.25) is 5.91 Å². The fraction of sp³-hybridized carbons (Fsp3) is 0.500. The number of alkyl halides is 2. The summed E-state index contributed by atoms with van der Waals surface area (Å²) in [7, 11) is 0. The van der Waals surface area contributed by atoms with Gasteiger partial charge in [0.25, 0.3) is 6.43 Å². The molecule has 110 valence electrons. The van der Waals surface area contributed by atoms with Gasteiger partial charge in [-0.25, -0.2) is 8.78 Å². The quantitative estimate of drug-likeness (QED) is 0.747. The fourth-order valence-electron chi connectivity index (χ4n) is 2.08. The summed E-state index contributed by atoms with van der Waals surface area (Å²) in [5.74, 6) is -0.196. The standard InChI is InChI=1S/C14H18F2N2O2/c15-13(16)9-20-4-3-14(19)18-6-10-1-2-11-7-17-8-12(11)5-10/h1-2,5,13,17H,3-4,6-9H2,(H,18,19). The minimum Gasteiger partial charge on any atom is -0.375 e. The number of carbonyl (C=O) groups is 1. The molecular formula is C14H18F2N2O2. The van der Waals surface area contributed by atoms with Gasteiger partial charge in [0.05, 0.1) is 6.61 Å². The van der Waals surface area contributed by atoms with Crippen molar-refractivity contribution >= 4 is 5.91 Å². The van der Waals surface area contributed by atoms with Crippen molar-refractivity contribution < 1.29 is 18.3 Å². The lowest BCUT2D eigenvalue weighted by Crippen LogP contribution is -2.24. The predicted molar refractivity (Wildman–Crippen MR) is 70.3 cm³/mol. The highest BCUT2D eigenvalue weighted by atomic mass is 19.3. The molecule has 1 aromatic carbocycles. The van der Waals surface area contributed by atoms with Gasteiger partial charge in [-0.1, -0.05) is 18.2 Å². The molecule has 0 bridgehead atoms. The number of fused-ring (bicyclic) bond motifs is 1. The number of rotatable bonds is 7. The number of nitrogens with one attached hydrogen (secondary N) is 2. The number of amides is 1. The van der Waals surface area contributed by atoms with Crippen molar-refractivity contribution in [2.75, 3.05) is 13.2 Å². The Labute approximate surface area is 116 Å². The number of hydrogen-bond donors (Lipinski definition) is 2. The number of halogens is 2. The molecule has 0 aliphatic carbocycles. The number of ether oxygens (including phenoxy) is 1. The van der Waals surface area contributed by atoms with E-state index >= 15 is 0 Å². The summed E-state index contributed by atoms with van der Waals surface area (Å²) >= 11 is 0. The highest BCUT2D eigenvalue weighted by molar-refractivity contribution is 5.75. The Hall–Kier alpha value is -1.53. The molecule has 0 atom stereocenters. The third kappa shape index (κ3) is 4.54. The first kappa shape index (κ1) is 14.9. The molecule has 1 amide bonds. The maximum atomic E-state index is 11.8. The smallest absolute Gasteiger partial charge is 0.261 e. The molecular weight excluding hydrogens is 266 g/mol. The molecule has 1 heterocycles. The van der Waals surface area contributed by atoms with E-state index in [0.717, 1.165) is 18.7 Å². The normalized spacial score (nSPS) is 13.6. The molecule has 0 saturated carbocycles. The highest BCUT2D eigenvalue weighted by Gasteiger charge is 2.10. The first-order valence-electron chi connectivity index (χ1n) is 6.59. The van der Waals surface area contributed by atoms with Crippen molar-refractivity contribution in [1.29, 1.82) is 0 Å². The predicted octanol–water partition coefficient (Wildman–Crippen LogP) is 1.58. The van der Waals surface area contributed by atoms with Crippen LogP contribution in [0.4, 0.5) is 8.78 Å². The summed E-state index contributed by atoms with van der Waals surface area (Å²) in [6.07, 6.45) is -2.39. The van der Waals surface area contributed by atoms with Gasteiger partial charge in [-0.3, -0.25) is 4.79 Å². The molecule has 4 nitrogen and oxygen atoms in total. The summed E-state index contributed by atoms with van der Waals surface area (Å²) in [6, 6.07) is 6.12. The van der Waals surface area contributed by atoms with Crippen LogP contribution in [0.1, 0.15) is 23.1 Å². The van der Waals surface area contributed by atoms with Gasteiger partial charge >= 0.3 is 0 Å². The SMILES string of the molecule is O=C(CCOCC(F)F)NCc1ccc2c(c1)CNC2. The topological polar surface area (TPSA) is 50.4 Å². The minimum atomic E-state index is -2.49. The van der Waals surface area contributed by atoms with E-state index in [2.05, 4.69) is 27.5 Å². The van der Waals surface area contributed by atoms with Gasteiger partial charge in [-0.15, -0.1) is 0 Å². The number of hydrogen-bond acceptors (Lipinski definition) is 3. The molecule has 1 aliphatic heterocycles. The first-order valence-corrected chi connectivity index (χ1v) is 6.59. The van der Waals surface area contributed by atoms with Crippen molar-refractivity contribution in [2.24, 2.45) is 0 Å². The summed E-state index contributed by atoms with van der Waals surface area (Å²) < 4.78 is 28.3. The van der Waals surface area contributed by atoms with E-state index in [-0.39, 0.29) is 18.9 Å². The average Bonchev–Trinajstić information content (AvgIpc) is 2.88. The molecule has 0 radical (unpaired) electrons. The third-order valence-corrected chi connectivity index (χ3v) is 3.11. The molecule has 2 rings (SSSR count). The first-order chi connectivity index (χ1) is 9.65. The monoisotopic (exact) mass is 284 g/mol. The Kier molecular flexibility index (Phi) is 5.43. The van der Waals surface area contributed by atoms with Crippen molar-refractivity contribution in [2.45, 2.75) is 32.5 Å². The van der Waals surface area contributed by atoms with Crippen molar-refractivity contribution in [1.82, 2.24) is 10.6 Å².